The molecule has 1 fully saturated rings. The lowest BCUT2D eigenvalue weighted by Crippen LogP contribution is -2.40. The van der Waals surface area contributed by atoms with Crippen LogP contribution in [0.25, 0.3) is 6.08 Å². The first kappa shape index (κ1) is 20.6. The summed E-state index contributed by atoms with van der Waals surface area (Å²) in [6, 6.07) is 3.88. The number of carbonyl (C=O) groups is 1. The minimum absolute atomic E-state index is 0.0704. The van der Waals surface area contributed by atoms with E-state index in [-0.39, 0.29) is 11.9 Å². The molecule has 0 heterocycles. The Balaban J connectivity index is 2.04. The fourth-order valence-corrected chi connectivity index (χ4v) is 3.43. The maximum atomic E-state index is 12.2. The van der Waals surface area contributed by atoms with E-state index in [0.29, 0.717) is 35.0 Å². The zero-order valence-corrected chi connectivity index (χ0v) is 16.9. The molecule has 144 valence electrons. The van der Waals surface area contributed by atoms with Gasteiger partial charge in [-0.3, -0.25) is 4.79 Å². The molecule has 0 spiro atoms. The molecule has 2 atom stereocenters. The van der Waals surface area contributed by atoms with E-state index < -0.39 is 0 Å². The van der Waals surface area contributed by atoms with Gasteiger partial charge in [-0.15, -0.1) is 0 Å². The Kier molecular flexibility index (Phi) is 7.83. The molecule has 1 saturated carbocycles. The lowest BCUT2D eigenvalue weighted by molar-refractivity contribution is -0.117. The molecule has 1 aromatic carbocycles. The molecule has 4 nitrogen and oxygen atoms in total. The summed E-state index contributed by atoms with van der Waals surface area (Å²) < 4.78 is 11.2. The van der Waals surface area contributed by atoms with Gasteiger partial charge in [0.05, 0.1) is 18.7 Å². The summed E-state index contributed by atoms with van der Waals surface area (Å²) in [6.45, 7) is 6.91. The summed E-state index contributed by atoms with van der Waals surface area (Å²) in [7, 11) is 1.58. The summed E-state index contributed by atoms with van der Waals surface area (Å²) in [5.41, 5.74) is 0.801. The van der Waals surface area contributed by atoms with E-state index in [2.05, 4.69) is 26.1 Å². The van der Waals surface area contributed by atoms with Crippen LogP contribution in [0, 0.1) is 11.8 Å². The number of nitrogens with one attached hydrogen (secondary N) is 1. The highest BCUT2D eigenvalue weighted by Gasteiger charge is 2.22. The van der Waals surface area contributed by atoms with Crippen LogP contribution in [0.5, 0.6) is 11.5 Å². The fraction of sp³-hybridized carbons (Fsp3) is 0.571. The van der Waals surface area contributed by atoms with Gasteiger partial charge < -0.3 is 14.8 Å². The number of ether oxygens (including phenoxy) is 2. The molecule has 1 aromatic rings. The van der Waals surface area contributed by atoms with Crippen molar-refractivity contribution in [1.82, 2.24) is 5.32 Å². The predicted molar refractivity (Wildman–Crippen MR) is 107 cm³/mol. The third-order valence-electron chi connectivity index (χ3n) is 4.68. The van der Waals surface area contributed by atoms with E-state index in [9.17, 15) is 4.79 Å². The summed E-state index contributed by atoms with van der Waals surface area (Å²) in [6.07, 6.45) is 7.99. The first-order chi connectivity index (χ1) is 12.4. The zero-order chi connectivity index (χ0) is 19.1. The second-order valence-corrected chi connectivity index (χ2v) is 7.86. The van der Waals surface area contributed by atoms with Gasteiger partial charge in [-0.25, -0.2) is 0 Å². The van der Waals surface area contributed by atoms with Crippen molar-refractivity contribution in [2.24, 2.45) is 11.8 Å². The Morgan fingerprint density at radius 2 is 2.08 bits per heavy atom. The van der Waals surface area contributed by atoms with Gasteiger partial charge in [-0.1, -0.05) is 45.2 Å². The van der Waals surface area contributed by atoms with Crippen LogP contribution in [-0.2, 0) is 4.79 Å². The lowest BCUT2D eigenvalue weighted by Gasteiger charge is -2.29. The van der Waals surface area contributed by atoms with Crippen LogP contribution >= 0.6 is 11.6 Å². The molecule has 0 radical (unpaired) electrons. The first-order valence-corrected chi connectivity index (χ1v) is 9.77. The smallest absolute Gasteiger partial charge is 0.244 e. The van der Waals surface area contributed by atoms with Gasteiger partial charge in [0.2, 0.25) is 5.91 Å². The van der Waals surface area contributed by atoms with Crippen LogP contribution in [0.15, 0.2) is 18.2 Å². The van der Waals surface area contributed by atoms with Crippen molar-refractivity contribution >= 4 is 23.6 Å². The van der Waals surface area contributed by atoms with Gasteiger partial charge >= 0.3 is 0 Å². The number of rotatable bonds is 7. The van der Waals surface area contributed by atoms with Gasteiger partial charge in [0, 0.05) is 12.1 Å². The fourth-order valence-electron chi connectivity index (χ4n) is 3.16. The maximum Gasteiger partial charge on any atom is 0.244 e. The SMILES string of the molecule is COc1cc(/C=C/C(=O)NC2CCCCC2C)cc(Cl)c1OCC(C)C. The van der Waals surface area contributed by atoms with Crippen molar-refractivity contribution in [1.29, 1.82) is 0 Å². The molecule has 5 heteroatoms. The van der Waals surface area contributed by atoms with E-state index >= 15 is 0 Å². The van der Waals surface area contributed by atoms with Crippen LogP contribution in [0.2, 0.25) is 5.02 Å². The van der Waals surface area contributed by atoms with Gasteiger partial charge in [0.25, 0.3) is 0 Å². The van der Waals surface area contributed by atoms with E-state index in [1.54, 1.807) is 25.3 Å². The minimum Gasteiger partial charge on any atom is -0.493 e. The third kappa shape index (κ3) is 5.94. The van der Waals surface area contributed by atoms with Crippen LogP contribution in [0.1, 0.15) is 52.0 Å². The van der Waals surface area contributed by atoms with Crippen LogP contribution in [-0.4, -0.2) is 25.7 Å². The summed E-state index contributed by atoms with van der Waals surface area (Å²) >= 11 is 6.35. The van der Waals surface area contributed by atoms with Gasteiger partial charge in [0.15, 0.2) is 11.5 Å². The molecule has 1 aliphatic rings. The molecule has 1 aliphatic carbocycles. The van der Waals surface area contributed by atoms with E-state index in [1.165, 1.54) is 19.3 Å². The van der Waals surface area contributed by atoms with Crippen molar-refractivity contribution in [3.8, 4) is 11.5 Å². The number of carbonyl (C=O) groups excluding carboxylic acids is 1. The van der Waals surface area contributed by atoms with Crippen molar-refractivity contribution in [3.05, 3.63) is 28.8 Å². The second kappa shape index (κ2) is 9.86. The van der Waals surface area contributed by atoms with Gasteiger partial charge in [-0.05, 0) is 48.4 Å². The molecule has 0 aromatic heterocycles. The van der Waals surface area contributed by atoms with E-state index in [4.69, 9.17) is 21.1 Å². The molecule has 0 saturated heterocycles. The van der Waals surface area contributed by atoms with Crippen molar-refractivity contribution in [3.63, 3.8) is 0 Å². The Morgan fingerprint density at radius 1 is 1.35 bits per heavy atom. The molecule has 0 aliphatic heterocycles. The summed E-state index contributed by atoms with van der Waals surface area (Å²) in [5, 5.41) is 3.59. The number of halogens is 1. The number of methoxy groups -OCH3 is 1. The standard InChI is InChI=1S/C21H30ClNO3/c1-14(2)13-26-21-17(22)11-16(12-19(21)25-4)9-10-20(24)23-18-8-6-5-7-15(18)3/h9-12,14-15,18H,5-8,13H2,1-4H3,(H,23,24)/b10-9+. The normalized spacial score (nSPS) is 20.4. The zero-order valence-electron chi connectivity index (χ0n) is 16.2. The second-order valence-electron chi connectivity index (χ2n) is 7.45. The monoisotopic (exact) mass is 379 g/mol. The molecule has 1 amide bonds. The number of hydrogen-bond donors (Lipinski definition) is 1. The highest BCUT2D eigenvalue weighted by Crippen LogP contribution is 2.37. The predicted octanol–water partition coefficient (Wildman–Crippen LogP) is 5.09. The lowest BCUT2D eigenvalue weighted by atomic mass is 9.86. The minimum atomic E-state index is -0.0704. The quantitative estimate of drug-likeness (QED) is 0.671. The Labute approximate surface area is 161 Å². The van der Waals surface area contributed by atoms with Crippen molar-refractivity contribution in [2.75, 3.05) is 13.7 Å². The van der Waals surface area contributed by atoms with E-state index in [0.717, 1.165) is 12.0 Å². The summed E-state index contributed by atoms with van der Waals surface area (Å²) in [5.74, 6) is 1.97. The number of amides is 1. The number of benzene rings is 1. The van der Waals surface area contributed by atoms with Crippen LogP contribution in [0.4, 0.5) is 0 Å². The van der Waals surface area contributed by atoms with E-state index in [1.807, 2.05) is 6.07 Å². The Hall–Kier alpha value is -1.68. The Morgan fingerprint density at radius 3 is 2.73 bits per heavy atom. The van der Waals surface area contributed by atoms with Crippen molar-refractivity contribution in [2.45, 2.75) is 52.5 Å². The molecular weight excluding hydrogens is 350 g/mol. The highest BCUT2D eigenvalue weighted by molar-refractivity contribution is 6.32. The topological polar surface area (TPSA) is 47.6 Å². The molecule has 2 rings (SSSR count). The molecular formula is C21H30ClNO3. The first-order valence-electron chi connectivity index (χ1n) is 9.39. The van der Waals surface area contributed by atoms with Crippen LogP contribution < -0.4 is 14.8 Å². The van der Waals surface area contributed by atoms with Gasteiger partial charge in [-0.2, -0.15) is 0 Å². The molecule has 2 unspecified atom stereocenters. The largest absolute Gasteiger partial charge is 0.493 e. The van der Waals surface area contributed by atoms with Gasteiger partial charge in [0.1, 0.15) is 0 Å². The average Bonchev–Trinajstić information content (AvgIpc) is 2.60. The highest BCUT2D eigenvalue weighted by atomic mass is 35.5. The third-order valence-corrected chi connectivity index (χ3v) is 4.96. The summed E-state index contributed by atoms with van der Waals surface area (Å²) in [4.78, 5) is 12.2. The molecule has 0 bridgehead atoms. The molecule has 1 N–H and O–H groups in total. The Bertz CT molecular complexity index is 642. The number of hydrogen-bond acceptors (Lipinski definition) is 3. The van der Waals surface area contributed by atoms with Crippen molar-refractivity contribution < 1.29 is 14.3 Å². The average molecular weight is 380 g/mol. The maximum absolute atomic E-state index is 12.2. The molecule has 26 heavy (non-hydrogen) atoms. The van der Waals surface area contributed by atoms with Crippen LogP contribution in [0.3, 0.4) is 0 Å².